The van der Waals surface area contributed by atoms with Crippen LogP contribution in [0.5, 0.6) is 0 Å². The number of allylic oxidation sites excluding steroid dienone is 2. The van der Waals surface area contributed by atoms with Crippen LogP contribution in [0.2, 0.25) is 0 Å². The molecule has 1 fully saturated rings. The summed E-state index contributed by atoms with van der Waals surface area (Å²) in [7, 11) is 0. The Labute approximate surface area is 81.8 Å². The molecule has 1 aliphatic heterocycles. The predicted octanol–water partition coefficient (Wildman–Crippen LogP) is 2.83. The molecule has 1 unspecified atom stereocenters. The van der Waals surface area contributed by atoms with E-state index in [1.165, 1.54) is 58.2 Å². The van der Waals surface area contributed by atoms with E-state index in [1.54, 1.807) is 0 Å². The molecule has 1 aliphatic carbocycles. The topological polar surface area (TPSA) is 3.24 Å². The van der Waals surface area contributed by atoms with Gasteiger partial charge >= 0.3 is 0 Å². The molecule has 1 heterocycles. The first-order chi connectivity index (χ1) is 6.45. The second kappa shape index (κ2) is 4.80. The SMILES string of the molecule is C1=CCC(CN2CCCCC2)CC1. The van der Waals surface area contributed by atoms with E-state index in [4.69, 9.17) is 0 Å². The number of rotatable bonds is 2. The molecular weight excluding hydrogens is 158 g/mol. The Morgan fingerprint density at radius 1 is 1.08 bits per heavy atom. The van der Waals surface area contributed by atoms with Crippen molar-refractivity contribution in [2.75, 3.05) is 19.6 Å². The van der Waals surface area contributed by atoms with Crippen molar-refractivity contribution in [1.82, 2.24) is 4.90 Å². The number of nitrogens with zero attached hydrogens (tertiary/aromatic N) is 1. The number of hydrogen-bond acceptors (Lipinski definition) is 1. The number of hydrogen-bond donors (Lipinski definition) is 0. The lowest BCUT2D eigenvalue weighted by Crippen LogP contribution is -2.34. The first-order valence-electron chi connectivity index (χ1n) is 5.82. The normalized spacial score (nSPS) is 30.6. The molecule has 0 aromatic heterocycles. The quantitative estimate of drug-likeness (QED) is 0.589. The van der Waals surface area contributed by atoms with Gasteiger partial charge in [0.05, 0.1) is 0 Å². The summed E-state index contributed by atoms with van der Waals surface area (Å²) in [6, 6.07) is 0. The van der Waals surface area contributed by atoms with Gasteiger partial charge in [0.25, 0.3) is 0 Å². The minimum atomic E-state index is 0.961. The largest absolute Gasteiger partial charge is 0.303 e. The van der Waals surface area contributed by atoms with Gasteiger partial charge in [-0.1, -0.05) is 18.6 Å². The Kier molecular flexibility index (Phi) is 3.42. The average molecular weight is 179 g/mol. The smallest absolute Gasteiger partial charge is 0.00127 e. The molecule has 1 heteroatoms. The molecule has 2 rings (SSSR count). The summed E-state index contributed by atoms with van der Waals surface area (Å²) in [5, 5.41) is 0. The van der Waals surface area contributed by atoms with Crippen molar-refractivity contribution in [1.29, 1.82) is 0 Å². The van der Waals surface area contributed by atoms with Gasteiger partial charge < -0.3 is 4.90 Å². The van der Waals surface area contributed by atoms with Gasteiger partial charge in [-0.3, -0.25) is 0 Å². The molecule has 1 saturated heterocycles. The van der Waals surface area contributed by atoms with E-state index in [1.807, 2.05) is 0 Å². The maximum absolute atomic E-state index is 2.67. The number of likely N-dealkylation sites (tertiary alicyclic amines) is 1. The molecule has 2 aliphatic rings. The second-order valence-electron chi connectivity index (χ2n) is 4.51. The van der Waals surface area contributed by atoms with Crippen molar-refractivity contribution in [3.63, 3.8) is 0 Å². The Bertz CT molecular complexity index is 168. The molecule has 0 radical (unpaired) electrons. The van der Waals surface area contributed by atoms with Gasteiger partial charge in [0.2, 0.25) is 0 Å². The van der Waals surface area contributed by atoms with Crippen LogP contribution in [0.1, 0.15) is 38.5 Å². The van der Waals surface area contributed by atoms with E-state index >= 15 is 0 Å². The molecule has 74 valence electrons. The van der Waals surface area contributed by atoms with E-state index in [2.05, 4.69) is 17.1 Å². The molecule has 0 aromatic carbocycles. The molecule has 0 spiro atoms. The van der Waals surface area contributed by atoms with Crippen molar-refractivity contribution in [2.45, 2.75) is 38.5 Å². The maximum atomic E-state index is 2.67. The van der Waals surface area contributed by atoms with Crippen LogP contribution in [0, 0.1) is 5.92 Å². The van der Waals surface area contributed by atoms with Crippen LogP contribution in [-0.4, -0.2) is 24.5 Å². The predicted molar refractivity (Wildman–Crippen MR) is 56.8 cm³/mol. The summed E-state index contributed by atoms with van der Waals surface area (Å²) < 4.78 is 0. The van der Waals surface area contributed by atoms with Crippen LogP contribution in [0.15, 0.2) is 12.2 Å². The highest BCUT2D eigenvalue weighted by atomic mass is 15.1. The fourth-order valence-corrected chi connectivity index (χ4v) is 2.53. The van der Waals surface area contributed by atoms with Crippen molar-refractivity contribution < 1.29 is 0 Å². The lowest BCUT2D eigenvalue weighted by molar-refractivity contribution is 0.190. The van der Waals surface area contributed by atoms with E-state index in [0.29, 0.717) is 0 Å². The lowest BCUT2D eigenvalue weighted by atomic mass is 9.93. The zero-order valence-corrected chi connectivity index (χ0v) is 8.54. The molecule has 13 heavy (non-hydrogen) atoms. The third-order valence-corrected chi connectivity index (χ3v) is 3.34. The maximum Gasteiger partial charge on any atom is 0.00127 e. The first-order valence-corrected chi connectivity index (χ1v) is 5.82. The van der Waals surface area contributed by atoms with Crippen LogP contribution >= 0.6 is 0 Å². The molecular formula is C12H21N. The highest BCUT2D eigenvalue weighted by molar-refractivity contribution is 4.91. The highest BCUT2D eigenvalue weighted by Crippen LogP contribution is 2.20. The summed E-state index contributed by atoms with van der Waals surface area (Å²) in [4.78, 5) is 2.67. The molecule has 1 atom stereocenters. The molecule has 0 amide bonds. The van der Waals surface area contributed by atoms with Crippen LogP contribution in [-0.2, 0) is 0 Å². The van der Waals surface area contributed by atoms with E-state index in [9.17, 15) is 0 Å². The van der Waals surface area contributed by atoms with Gasteiger partial charge in [-0.05, 0) is 51.1 Å². The molecule has 1 nitrogen and oxygen atoms in total. The zero-order chi connectivity index (χ0) is 8.93. The monoisotopic (exact) mass is 179 g/mol. The Morgan fingerprint density at radius 3 is 2.62 bits per heavy atom. The van der Waals surface area contributed by atoms with Crippen LogP contribution in [0.4, 0.5) is 0 Å². The van der Waals surface area contributed by atoms with Gasteiger partial charge in [-0.25, -0.2) is 0 Å². The van der Waals surface area contributed by atoms with Crippen molar-refractivity contribution in [2.24, 2.45) is 5.92 Å². The van der Waals surface area contributed by atoms with Crippen molar-refractivity contribution in [3.05, 3.63) is 12.2 Å². The van der Waals surface area contributed by atoms with Crippen molar-refractivity contribution in [3.8, 4) is 0 Å². The van der Waals surface area contributed by atoms with E-state index in [0.717, 1.165) is 5.92 Å². The van der Waals surface area contributed by atoms with Crippen LogP contribution in [0.3, 0.4) is 0 Å². The molecule has 0 bridgehead atoms. The summed E-state index contributed by atoms with van der Waals surface area (Å²) in [5.74, 6) is 0.961. The van der Waals surface area contributed by atoms with E-state index < -0.39 is 0 Å². The third kappa shape index (κ3) is 2.84. The van der Waals surface area contributed by atoms with E-state index in [-0.39, 0.29) is 0 Å². The summed E-state index contributed by atoms with van der Waals surface area (Å²) in [5.41, 5.74) is 0. The van der Waals surface area contributed by atoms with Gasteiger partial charge in [0.1, 0.15) is 0 Å². The lowest BCUT2D eigenvalue weighted by Gasteiger charge is -2.30. The summed E-state index contributed by atoms with van der Waals surface area (Å²) >= 11 is 0. The van der Waals surface area contributed by atoms with Gasteiger partial charge in [0.15, 0.2) is 0 Å². The van der Waals surface area contributed by atoms with Crippen LogP contribution < -0.4 is 0 Å². The molecule has 0 aromatic rings. The minimum absolute atomic E-state index is 0.961. The molecule has 0 N–H and O–H groups in total. The zero-order valence-electron chi connectivity index (χ0n) is 8.54. The Morgan fingerprint density at radius 2 is 1.92 bits per heavy atom. The summed E-state index contributed by atoms with van der Waals surface area (Å²) in [6.07, 6.45) is 13.1. The average Bonchev–Trinajstić information content (AvgIpc) is 2.21. The fourth-order valence-electron chi connectivity index (χ4n) is 2.53. The standard InChI is InChI=1S/C12H21N/c1-3-7-12(8-4-1)11-13-9-5-2-6-10-13/h1,3,12H,2,4-11H2. The molecule has 0 saturated carbocycles. The minimum Gasteiger partial charge on any atom is -0.303 e. The highest BCUT2D eigenvalue weighted by Gasteiger charge is 2.16. The van der Waals surface area contributed by atoms with Crippen LogP contribution in [0.25, 0.3) is 0 Å². The van der Waals surface area contributed by atoms with Crippen molar-refractivity contribution >= 4 is 0 Å². The summed E-state index contributed by atoms with van der Waals surface area (Å²) in [6.45, 7) is 4.09. The van der Waals surface area contributed by atoms with Gasteiger partial charge in [0, 0.05) is 6.54 Å². The third-order valence-electron chi connectivity index (χ3n) is 3.34. The van der Waals surface area contributed by atoms with Gasteiger partial charge in [-0.2, -0.15) is 0 Å². The fraction of sp³-hybridized carbons (Fsp3) is 0.833. The van der Waals surface area contributed by atoms with Gasteiger partial charge in [-0.15, -0.1) is 0 Å². The Hall–Kier alpha value is -0.300. The Balaban J connectivity index is 1.72. The number of piperidine rings is 1. The second-order valence-corrected chi connectivity index (χ2v) is 4.51. The first kappa shape index (κ1) is 9.26.